The third-order valence-corrected chi connectivity index (χ3v) is 6.02. The van der Waals surface area contributed by atoms with Crippen molar-refractivity contribution >= 4 is 33.2 Å². The summed E-state index contributed by atoms with van der Waals surface area (Å²) in [5, 5.41) is 5.26. The van der Waals surface area contributed by atoms with E-state index >= 15 is 0 Å². The molecule has 0 bridgehead atoms. The maximum absolute atomic E-state index is 12.4. The Labute approximate surface area is 156 Å². The molecule has 1 fully saturated rings. The average Bonchev–Trinajstić information content (AvgIpc) is 2.98. The molecule has 1 aliphatic heterocycles. The van der Waals surface area contributed by atoms with Crippen LogP contribution in [0, 0.1) is 0 Å². The van der Waals surface area contributed by atoms with Crippen LogP contribution in [0.4, 0.5) is 0 Å². The zero-order valence-corrected chi connectivity index (χ0v) is 16.1. The number of benzene rings is 1. The first-order valence-corrected chi connectivity index (χ1v) is 10.2. The number of hydrogen-bond acceptors (Lipinski definition) is 3. The van der Waals surface area contributed by atoms with E-state index in [4.69, 9.17) is 0 Å². The summed E-state index contributed by atoms with van der Waals surface area (Å²) in [5.74, 6) is -0.00104. The van der Waals surface area contributed by atoms with Crippen LogP contribution in [0.15, 0.2) is 46.3 Å². The number of amides is 1. The van der Waals surface area contributed by atoms with Gasteiger partial charge in [-0.05, 0) is 61.6 Å². The molecule has 3 nitrogen and oxygen atoms in total. The van der Waals surface area contributed by atoms with Crippen LogP contribution < -0.4 is 5.32 Å². The van der Waals surface area contributed by atoms with Crippen molar-refractivity contribution in [3.8, 4) is 0 Å². The summed E-state index contributed by atoms with van der Waals surface area (Å²) < 4.78 is 0.986. The summed E-state index contributed by atoms with van der Waals surface area (Å²) in [6.07, 6.45) is 5.14. The first-order chi connectivity index (χ1) is 11.7. The van der Waals surface area contributed by atoms with Crippen molar-refractivity contribution in [1.82, 2.24) is 10.2 Å². The second-order valence-corrected chi connectivity index (χ2v) is 8.09. The lowest BCUT2D eigenvalue weighted by molar-refractivity contribution is 0.0934. The van der Waals surface area contributed by atoms with Crippen LogP contribution in [-0.4, -0.2) is 30.4 Å². The van der Waals surface area contributed by atoms with Crippen LogP contribution >= 0.6 is 27.3 Å². The van der Waals surface area contributed by atoms with Gasteiger partial charge in [-0.25, -0.2) is 0 Å². The number of nitrogens with zero attached hydrogens (tertiary/aromatic N) is 1. The number of nitrogens with one attached hydrogen (secondary N) is 1. The molecular formula is C19H23BrN2OS. The van der Waals surface area contributed by atoms with Gasteiger partial charge in [0.2, 0.25) is 0 Å². The largest absolute Gasteiger partial charge is 0.350 e. The summed E-state index contributed by atoms with van der Waals surface area (Å²) in [7, 11) is 0. The number of hydrogen-bond donors (Lipinski definition) is 1. The van der Waals surface area contributed by atoms with E-state index in [9.17, 15) is 4.79 Å². The van der Waals surface area contributed by atoms with Crippen molar-refractivity contribution in [2.24, 2.45) is 0 Å². The van der Waals surface area contributed by atoms with Gasteiger partial charge >= 0.3 is 0 Å². The Hall–Kier alpha value is -1.17. The fraction of sp³-hybridized carbons (Fsp3) is 0.421. The third kappa shape index (κ3) is 4.68. The Morgan fingerprint density at radius 2 is 1.83 bits per heavy atom. The molecule has 1 amide bonds. The van der Waals surface area contributed by atoms with Gasteiger partial charge in [-0.3, -0.25) is 9.69 Å². The molecule has 0 radical (unpaired) electrons. The summed E-state index contributed by atoms with van der Waals surface area (Å²) in [4.78, 5) is 16.3. The highest BCUT2D eigenvalue weighted by molar-refractivity contribution is 9.10. The summed E-state index contributed by atoms with van der Waals surface area (Å²) >= 11 is 5.19. The van der Waals surface area contributed by atoms with Gasteiger partial charge in [0, 0.05) is 21.5 Å². The highest BCUT2D eigenvalue weighted by Crippen LogP contribution is 2.27. The normalized spacial score (nSPS) is 17.2. The highest BCUT2D eigenvalue weighted by Gasteiger charge is 2.23. The zero-order valence-electron chi connectivity index (χ0n) is 13.7. The molecule has 2 aromatic rings. The predicted molar refractivity (Wildman–Crippen MR) is 104 cm³/mol. The van der Waals surface area contributed by atoms with Gasteiger partial charge < -0.3 is 5.32 Å². The van der Waals surface area contributed by atoms with Gasteiger partial charge in [-0.15, -0.1) is 11.3 Å². The van der Waals surface area contributed by atoms with E-state index < -0.39 is 0 Å². The lowest BCUT2D eigenvalue weighted by Gasteiger charge is -2.30. The summed E-state index contributed by atoms with van der Waals surface area (Å²) in [6, 6.07) is 12.1. The number of carbonyl (C=O) groups excluding carboxylic acids is 1. The maximum atomic E-state index is 12.4. The molecule has 128 valence electrons. The molecule has 1 N–H and O–H groups in total. The van der Waals surface area contributed by atoms with E-state index in [-0.39, 0.29) is 11.9 Å². The number of rotatable bonds is 5. The first kappa shape index (κ1) is 17.6. The van der Waals surface area contributed by atoms with E-state index in [0.717, 1.165) is 17.6 Å². The molecule has 0 saturated carbocycles. The highest BCUT2D eigenvalue weighted by atomic mass is 79.9. The van der Waals surface area contributed by atoms with Crippen molar-refractivity contribution in [2.75, 3.05) is 19.6 Å². The van der Waals surface area contributed by atoms with Crippen molar-refractivity contribution in [2.45, 2.75) is 31.7 Å². The van der Waals surface area contributed by atoms with Gasteiger partial charge in [-0.1, -0.05) is 34.8 Å². The Morgan fingerprint density at radius 1 is 1.12 bits per heavy atom. The molecule has 1 aromatic carbocycles. The Kier molecular flexibility index (Phi) is 6.46. The van der Waals surface area contributed by atoms with Crippen LogP contribution in [0.25, 0.3) is 0 Å². The van der Waals surface area contributed by atoms with E-state index in [1.807, 2.05) is 24.3 Å². The molecule has 1 unspecified atom stereocenters. The van der Waals surface area contributed by atoms with Gasteiger partial charge in [0.25, 0.3) is 5.91 Å². The predicted octanol–water partition coefficient (Wildman–Crippen LogP) is 4.86. The van der Waals surface area contributed by atoms with Crippen molar-refractivity contribution in [3.63, 3.8) is 0 Å². The monoisotopic (exact) mass is 406 g/mol. The Bertz CT molecular complexity index is 634. The topological polar surface area (TPSA) is 32.3 Å². The minimum atomic E-state index is -0.00104. The van der Waals surface area contributed by atoms with Crippen LogP contribution in [0.1, 0.15) is 47.0 Å². The van der Waals surface area contributed by atoms with E-state index in [0.29, 0.717) is 12.1 Å². The van der Waals surface area contributed by atoms with Crippen molar-refractivity contribution < 1.29 is 4.79 Å². The fourth-order valence-corrected chi connectivity index (χ4v) is 4.32. The second-order valence-electron chi connectivity index (χ2n) is 6.20. The number of halogens is 1. The van der Waals surface area contributed by atoms with Crippen LogP contribution in [0.5, 0.6) is 0 Å². The molecule has 5 heteroatoms. The van der Waals surface area contributed by atoms with Crippen LogP contribution in [0.2, 0.25) is 0 Å². The lowest BCUT2D eigenvalue weighted by Crippen LogP contribution is -2.38. The number of likely N-dealkylation sites (tertiary alicyclic amines) is 1. The Balaban J connectivity index is 1.67. The molecule has 1 aliphatic rings. The molecule has 1 atom stereocenters. The van der Waals surface area contributed by atoms with Crippen molar-refractivity contribution in [3.05, 3.63) is 56.7 Å². The summed E-state index contributed by atoms with van der Waals surface area (Å²) in [5.41, 5.74) is 0.707. The smallest absolute Gasteiger partial charge is 0.251 e. The quantitative estimate of drug-likeness (QED) is 0.768. The molecule has 1 saturated heterocycles. The standard InChI is InChI=1S/C19H23BrN2OS/c20-16-9-7-15(8-10-16)19(23)21-14-17(18-6-5-13-24-18)22-11-3-1-2-4-12-22/h5-10,13,17H,1-4,11-12,14H2,(H,21,23). The summed E-state index contributed by atoms with van der Waals surface area (Å²) in [6.45, 7) is 2.91. The van der Waals surface area contributed by atoms with Crippen LogP contribution in [0.3, 0.4) is 0 Å². The molecule has 0 aliphatic carbocycles. The number of thiophene rings is 1. The first-order valence-electron chi connectivity index (χ1n) is 8.55. The maximum Gasteiger partial charge on any atom is 0.251 e. The zero-order chi connectivity index (χ0) is 16.8. The van der Waals surface area contributed by atoms with E-state index in [1.165, 1.54) is 30.6 Å². The number of carbonyl (C=O) groups is 1. The molecule has 0 spiro atoms. The van der Waals surface area contributed by atoms with Crippen LogP contribution in [-0.2, 0) is 0 Å². The van der Waals surface area contributed by atoms with E-state index in [1.54, 1.807) is 11.3 Å². The molecule has 2 heterocycles. The third-order valence-electron chi connectivity index (χ3n) is 4.52. The van der Waals surface area contributed by atoms with Gasteiger partial charge in [0.1, 0.15) is 0 Å². The SMILES string of the molecule is O=C(NCC(c1cccs1)N1CCCCCC1)c1ccc(Br)cc1. The van der Waals surface area contributed by atoms with E-state index in [2.05, 4.69) is 43.7 Å². The van der Waals surface area contributed by atoms with Crippen molar-refractivity contribution in [1.29, 1.82) is 0 Å². The Morgan fingerprint density at radius 3 is 2.46 bits per heavy atom. The molecular weight excluding hydrogens is 384 g/mol. The van der Waals surface area contributed by atoms with Gasteiger partial charge in [0.15, 0.2) is 0 Å². The second kappa shape index (κ2) is 8.79. The van der Waals surface area contributed by atoms with Gasteiger partial charge in [-0.2, -0.15) is 0 Å². The fourth-order valence-electron chi connectivity index (χ4n) is 3.19. The minimum absolute atomic E-state index is 0.00104. The average molecular weight is 407 g/mol. The molecule has 3 rings (SSSR count). The molecule has 1 aromatic heterocycles. The lowest BCUT2D eigenvalue weighted by atomic mass is 10.1. The van der Waals surface area contributed by atoms with Gasteiger partial charge in [0.05, 0.1) is 6.04 Å². The molecule has 24 heavy (non-hydrogen) atoms. The minimum Gasteiger partial charge on any atom is -0.350 e.